The van der Waals surface area contributed by atoms with Gasteiger partial charge in [0.05, 0.1) is 5.69 Å². The van der Waals surface area contributed by atoms with Crippen molar-refractivity contribution >= 4 is 17.4 Å². The maximum absolute atomic E-state index is 9.68. The molecule has 0 fully saturated rings. The molecule has 0 saturated heterocycles. The molecule has 3 rings (SSSR count). The second kappa shape index (κ2) is 8.49. The molecule has 6 heteroatoms. The number of allylic oxidation sites excluding steroid dienone is 2. The average molecular weight is 372 g/mol. The van der Waals surface area contributed by atoms with Crippen molar-refractivity contribution in [2.24, 2.45) is 5.92 Å². The van der Waals surface area contributed by atoms with Gasteiger partial charge >= 0.3 is 0 Å². The van der Waals surface area contributed by atoms with E-state index < -0.39 is 0 Å². The van der Waals surface area contributed by atoms with Crippen molar-refractivity contribution < 1.29 is 0 Å². The second-order valence-electron chi connectivity index (χ2n) is 7.11. The third-order valence-electron chi connectivity index (χ3n) is 4.54. The summed E-state index contributed by atoms with van der Waals surface area (Å²) in [5, 5.41) is 20.8. The second-order valence-corrected chi connectivity index (χ2v) is 7.11. The molecule has 0 amide bonds. The maximum Gasteiger partial charge on any atom is 0.137 e. The van der Waals surface area contributed by atoms with Crippen molar-refractivity contribution in [1.29, 1.82) is 10.7 Å². The Morgan fingerprint density at radius 3 is 2.86 bits per heavy atom. The number of aryl methyl sites for hydroxylation is 1. The molecule has 0 atom stereocenters. The van der Waals surface area contributed by atoms with E-state index in [4.69, 9.17) is 10.4 Å². The van der Waals surface area contributed by atoms with Crippen LogP contribution in [0.5, 0.6) is 0 Å². The Morgan fingerprint density at radius 1 is 1.32 bits per heavy atom. The fourth-order valence-corrected chi connectivity index (χ4v) is 3.02. The van der Waals surface area contributed by atoms with Gasteiger partial charge in [-0.3, -0.25) is 4.98 Å². The van der Waals surface area contributed by atoms with Crippen LogP contribution in [0.2, 0.25) is 0 Å². The van der Waals surface area contributed by atoms with Crippen LogP contribution in [-0.4, -0.2) is 27.1 Å². The summed E-state index contributed by atoms with van der Waals surface area (Å²) in [5.74, 6) is 0.536. The van der Waals surface area contributed by atoms with E-state index in [1.165, 1.54) is 6.21 Å². The molecule has 0 aliphatic rings. The van der Waals surface area contributed by atoms with Crippen LogP contribution >= 0.6 is 0 Å². The Labute approximate surface area is 165 Å². The molecule has 0 bridgehead atoms. The van der Waals surface area contributed by atoms with Crippen molar-refractivity contribution in [2.45, 2.75) is 27.2 Å². The van der Waals surface area contributed by atoms with E-state index in [1.54, 1.807) is 6.20 Å². The van der Waals surface area contributed by atoms with Crippen molar-refractivity contribution in [3.63, 3.8) is 0 Å². The zero-order valence-corrected chi connectivity index (χ0v) is 16.4. The van der Waals surface area contributed by atoms with Crippen LogP contribution in [0.3, 0.4) is 0 Å². The number of hydrogen-bond acceptors (Lipinski definition) is 5. The predicted molar refractivity (Wildman–Crippen MR) is 112 cm³/mol. The minimum absolute atomic E-state index is 0.393. The molecule has 2 N–H and O–H groups in total. The van der Waals surface area contributed by atoms with Crippen molar-refractivity contribution in [3.8, 4) is 17.3 Å². The van der Waals surface area contributed by atoms with Crippen LogP contribution in [0.25, 0.3) is 22.5 Å². The lowest BCUT2D eigenvalue weighted by Gasteiger charge is -2.14. The third kappa shape index (κ3) is 4.09. The average Bonchev–Trinajstić information content (AvgIpc) is 3.15. The lowest BCUT2D eigenvalue weighted by atomic mass is 9.98. The molecule has 0 saturated carbocycles. The monoisotopic (exact) mass is 372 g/mol. The van der Waals surface area contributed by atoms with Crippen LogP contribution in [0, 0.1) is 29.6 Å². The lowest BCUT2D eigenvalue weighted by Crippen LogP contribution is -2.17. The summed E-state index contributed by atoms with van der Waals surface area (Å²) in [7, 11) is 0. The van der Waals surface area contributed by atoms with Crippen LogP contribution < -0.4 is 5.32 Å². The van der Waals surface area contributed by atoms with Crippen molar-refractivity contribution in [3.05, 3.63) is 59.8 Å². The van der Waals surface area contributed by atoms with Crippen LogP contribution in [0.15, 0.2) is 48.6 Å². The summed E-state index contributed by atoms with van der Waals surface area (Å²) in [6.07, 6.45) is 7.75. The molecule has 0 aromatic carbocycles. The largest absolute Gasteiger partial charge is 0.376 e. The summed E-state index contributed by atoms with van der Waals surface area (Å²) in [6, 6.07) is 9.98. The lowest BCUT2D eigenvalue weighted by molar-refractivity contribution is 0.567. The summed E-state index contributed by atoms with van der Waals surface area (Å²) >= 11 is 0. The van der Waals surface area contributed by atoms with Crippen LogP contribution in [0.4, 0.5) is 0 Å². The normalized spacial score (nSPS) is 12.0. The molecule has 142 valence electrons. The standard InChI is InChI=1S/C22H24N6/c1-15(2)6-8-25-20(14-24)19(13-23)18-5-4-16(3)27-22(18)17-7-10-28-11-9-26-21(28)12-17/h4-5,7,9-13,15,23,25H,6,8H2,1-3H3/b20-19+,23-13?. The van der Waals surface area contributed by atoms with E-state index in [0.717, 1.165) is 34.6 Å². The van der Waals surface area contributed by atoms with Gasteiger partial charge in [0.2, 0.25) is 0 Å². The van der Waals surface area contributed by atoms with E-state index in [-0.39, 0.29) is 0 Å². The van der Waals surface area contributed by atoms with Crippen molar-refractivity contribution in [2.75, 3.05) is 6.54 Å². The fraction of sp³-hybridized carbons (Fsp3) is 0.273. The number of rotatable bonds is 7. The smallest absolute Gasteiger partial charge is 0.137 e. The minimum atomic E-state index is 0.393. The van der Waals surface area contributed by atoms with Gasteiger partial charge in [-0.25, -0.2) is 4.98 Å². The van der Waals surface area contributed by atoms with Crippen LogP contribution in [-0.2, 0) is 0 Å². The molecule has 3 aromatic rings. The molecular weight excluding hydrogens is 348 g/mol. The molecular formula is C22H24N6. The molecule has 6 nitrogen and oxygen atoms in total. The Morgan fingerprint density at radius 2 is 2.14 bits per heavy atom. The molecule has 0 aliphatic heterocycles. The first kappa shape index (κ1) is 19.3. The third-order valence-corrected chi connectivity index (χ3v) is 4.54. The van der Waals surface area contributed by atoms with E-state index >= 15 is 0 Å². The van der Waals surface area contributed by atoms with Gasteiger partial charge in [0.25, 0.3) is 0 Å². The Balaban J connectivity index is 2.10. The first-order chi connectivity index (χ1) is 13.5. The number of imidazole rings is 1. The maximum atomic E-state index is 9.68. The minimum Gasteiger partial charge on any atom is -0.376 e. The highest BCUT2D eigenvalue weighted by atomic mass is 15.0. The van der Waals surface area contributed by atoms with Gasteiger partial charge in [-0.1, -0.05) is 19.9 Å². The summed E-state index contributed by atoms with van der Waals surface area (Å²) in [5.41, 5.74) is 5.02. The Kier molecular flexibility index (Phi) is 5.85. The summed E-state index contributed by atoms with van der Waals surface area (Å²) < 4.78 is 1.93. The van der Waals surface area contributed by atoms with Crippen molar-refractivity contribution in [1.82, 2.24) is 19.7 Å². The zero-order chi connectivity index (χ0) is 20.1. The first-order valence-electron chi connectivity index (χ1n) is 9.33. The number of fused-ring (bicyclic) bond motifs is 1. The number of nitriles is 1. The Hall–Kier alpha value is -3.46. The zero-order valence-electron chi connectivity index (χ0n) is 16.4. The molecule has 28 heavy (non-hydrogen) atoms. The topological polar surface area (TPSA) is 89.9 Å². The number of aromatic nitrogens is 3. The first-order valence-corrected chi connectivity index (χ1v) is 9.33. The number of nitrogens with one attached hydrogen (secondary N) is 2. The van der Waals surface area contributed by atoms with Gasteiger partial charge < -0.3 is 15.1 Å². The molecule has 0 radical (unpaired) electrons. The highest BCUT2D eigenvalue weighted by Gasteiger charge is 2.15. The summed E-state index contributed by atoms with van der Waals surface area (Å²) in [4.78, 5) is 9.06. The molecule has 3 heterocycles. The highest BCUT2D eigenvalue weighted by Crippen LogP contribution is 2.29. The van der Waals surface area contributed by atoms with E-state index in [1.807, 2.05) is 48.0 Å². The molecule has 3 aromatic heterocycles. The van der Waals surface area contributed by atoms with Gasteiger partial charge in [0.15, 0.2) is 0 Å². The molecule has 0 aliphatic carbocycles. The number of pyridine rings is 2. The van der Waals surface area contributed by atoms with E-state index in [9.17, 15) is 5.26 Å². The van der Waals surface area contributed by atoms with Gasteiger partial charge in [0, 0.05) is 53.7 Å². The van der Waals surface area contributed by atoms with E-state index in [2.05, 4.69) is 30.2 Å². The van der Waals surface area contributed by atoms with Crippen LogP contribution in [0.1, 0.15) is 31.5 Å². The highest BCUT2D eigenvalue weighted by molar-refractivity contribution is 6.12. The summed E-state index contributed by atoms with van der Waals surface area (Å²) in [6.45, 7) is 6.90. The van der Waals surface area contributed by atoms with Gasteiger partial charge in [-0.2, -0.15) is 5.26 Å². The van der Waals surface area contributed by atoms with E-state index in [0.29, 0.717) is 23.7 Å². The Bertz CT molecular complexity index is 1070. The predicted octanol–water partition coefficient (Wildman–Crippen LogP) is 4.22. The number of nitrogens with zero attached hydrogens (tertiary/aromatic N) is 4. The quantitative estimate of drug-likeness (QED) is 0.480. The SMILES string of the molecule is Cc1ccc(/C(C=N)=C(\C#N)NCCC(C)C)c(-c2ccn3ccnc3c2)n1. The van der Waals surface area contributed by atoms with Gasteiger partial charge in [-0.15, -0.1) is 0 Å². The van der Waals surface area contributed by atoms with Gasteiger partial charge in [-0.05, 0) is 37.5 Å². The number of hydrogen-bond donors (Lipinski definition) is 2. The molecule has 0 spiro atoms. The molecule has 0 unspecified atom stereocenters. The van der Waals surface area contributed by atoms with Gasteiger partial charge in [0.1, 0.15) is 17.4 Å². The fourth-order valence-electron chi connectivity index (χ4n) is 3.02.